The molecule has 1 aromatic heterocycles. The standard InChI is InChI=1S/C36H35F2N3O6S/c1-2-30(25-4-3-5-29(20-25)41-48(45,46)32-15-10-26(22-40-32)34(39)43)33-31(42)21-36(47-35(33)44,18-16-23-6-11-27(37)12-7-23)19-17-24-8-13-28(38)14-9-24/h3-15,20,22,30,33,41H,2,16-19,21H2,1H3,(H2,39,43). The summed E-state index contributed by atoms with van der Waals surface area (Å²) < 4.78 is 61.7. The molecular weight excluding hydrogens is 640 g/mol. The third-order valence-electron chi connectivity index (χ3n) is 8.68. The normalized spacial score (nSPS) is 16.6. The smallest absolute Gasteiger partial charge is 0.317 e. The van der Waals surface area contributed by atoms with Gasteiger partial charge in [0.25, 0.3) is 10.0 Å². The highest BCUT2D eigenvalue weighted by Gasteiger charge is 2.49. The lowest BCUT2D eigenvalue weighted by molar-refractivity contribution is -0.180. The van der Waals surface area contributed by atoms with E-state index in [1.54, 1.807) is 42.5 Å². The van der Waals surface area contributed by atoms with Crippen molar-refractivity contribution in [2.45, 2.75) is 62.0 Å². The number of esters is 1. The van der Waals surface area contributed by atoms with Crippen molar-refractivity contribution in [3.63, 3.8) is 0 Å². The molecule has 48 heavy (non-hydrogen) atoms. The average Bonchev–Trinajstić information content (AvgIpc) is 3.06. The molecule has 2 unspecified atom stereocenters. The molecule has 0 spiro atoms. The van der Waals surface area contributed by atoms with E-state index in [0.717, 1.165) is 23.4 Å². The Balaban J connectivity index is 1.36. The van der Waals surface area contributed by atoms with Gasteiger partial charge in [-0.3, -0.25) is 19.1 Å². The number of Topliss-reactive ketones (excluding diaryl/α,β-unsaturated/α-hetero) is 1. The van der Waals surface area contributed by atoms with Crippen LogP contribution < -0.4 is 10.5 Å². The molecule has 3 aromatic carbocycles. The summed E-state index contributed by atoms with van der Waals surface area (Å²) in [5.41, 5.74) is 6.55. The quantitative estimate of drug-likeness (QED) is 0.133. The van der Waals surface area contributed by atoms with Gasteiger partial charge in [0.05, 0.1) is 5.56 Å². The third-order valence-corrected chi connectivity index (χ3v) is 9.98. The Hall–Kier alpha value is -4.97. The van der Waals surface area contributed by atoms with Gasteiger partial charge in [0.15, 0.2) is 10.8 Å². The lowest BCUT2D eigenvalue weighted by atomic mass is 9.74. The number of amides is 1. The van der Waals surface area contributed by atoms with E-state index in [0.29, 0.717) is 37.7 Å². The zero-order valence-corrected chi connectivity index (χ0v) is 27.0. The molecule has 0 saturated carbocycles. The van der Waals surface area contributed by atoms with Gasteiger partial charge in [-0.1, -0.05) is 43.3 Å². The fraction of sp³-hybridized carbons (Fsp3) is 0.278. The monoisotopic (exact) mass is 675 g/mol. The van der Waals surface area contributed by atoms with Crippen molar-refractivity contribution in [3.8, 4) is 0 Å². The van der Waals surface area contributed by atoms with Gasteiger partial charge < -0.3 is 10.5 Å². The second-order valence-corrected chi connectivity index (χ2v) is 13.6. The van der Waals surface area contributed by atoms with E-state index in [-0.39, 0.29) is 40.1 Å². The number of nitrogens with one attached hydrogen (secondary N) is 1. The Bertz CT molecular complexity index is 1830. The van der Waals surface area contributed by atoms with Gasteiger partial charge in [-0.05, 0) is 97.3 Å². The molecule has 250 valence electrons. The van der Waals surface area contributed by atoms with Crippen LogP contribution in [-0.2, 0) is 37.2 Å². The number of pyridine rings is 1. The summed E-state index contributed by atoms with van der Waals surface area (Å²) in [6.45, 7) is 1.83. The van der Waals surface area contributed by atoms with Gasteiger partial charge >= 0.3 is 5.97 Å². The molecule has 5 rings (SSSR count). The second kappa shape index (κ2) is 14.4. The number of nitrogens with zero attached hydrogens (tertiary/aromatic N) is 1. The molecule has 1 aliphatic rings. The molecule has 2 atom stereocenters. The molecule has 1 saturated heterocycles. The van der Waals surface area contributed by atoms with Crippen LogP contribution in [0.15, 0.2) is 96.2 Å². The average molecular weight is 676 g/mol. The van der Waals surface area contributed by atoms with Crippen molar-refractivity contribution >= 4 is 33.4 Å². The van der Waals surface area contributed by atoms with E-state index >= 15 is 0 Å². The van der Waals surface area contributed by atoms with E-state index in [2.05, 4.69) is 9.71 Å². The maximum atomic E-state index is 13.9. The number of rotatable bonds is 13. The number of anilines is 1. The number of hydrogen-bond donors (Lipinski definition) is 2. The van der Waals surface area contributed by atoms with Crippen molar-refractivity contribution < 1.29 is 36.3 Å². The van der Waals surface area contributed by atoms with Crippen LogP contribution in [0.2, 0.25) is 0 Å². The van der Waals surface area contributed by atoms with Crippen LogP contribution in [0, 0.1) is 17.6 Å². The van der Waals surface area contributed by atoms with Crippen molar-refractivity contribution in [2.75, 3.05) is 4.72 Å². The zero-order valence-electron chi connectivity index (χ0n) is 26.2. The predicted molar refractivity (Wildman–Crippen MR) is 174 cm³/mol. The largest absolute Gasteiger partial charge is 0.458 e. The molecule has 1 amide bonds. The first kappa shape index (κ1) is 34.4. The van der Waals surface area contributed by atoms with Crippen LogP contribution >= 0.6 is 0 Å². The third kappa shape index (κ3) is 8.11. The van der Waals surface area contributed by atoms with Gasteiger partial charge in [-0.25, -0.2) is 13.8 Å². The van der Waals surface area contributed by atoms with Crippen molar-refractivity contribution in [3.05, 3.63) is 125 Å². The predicted octanol–water partition coefficient (Wildman–Crippen LogP) is 5.89. The molecule has 0 bridgehead atoms. The minimum absolute atomic E-state index is 0.0401. The van der Waals surface area contributed by atoms with Gasteiger partial charge in [0, 0.05) is 24.2 Å². The Morgan fingerprint density at radius 2 is 1.56 bits per heavy atom. The molecule has 12 heteroatoms. The first-order chi connectivity index (χ1) is 22.9. The molecule has 1 aliphatic heterocycles. The number of sulfonamides is 1. The van der Waals surface area contributed by atoms with Crippen molar-refractivity contribution in [1.82, 2.24) is 4.98 Å². The number of aryl methyl sites for hydroxylation is 2. The summed E-state index contributed by atoms with van der Waals surface area (Å²) in [5.74, 6) is -4.16. The highest BCUT2D eigenvalue weighted by atomic mass is 32.2. The molecule has 4 aromatic rings. The van der Waals surface area contributed by atoms with Gasteiger partial charge in [-0.15, -0.1) is 0 Å². The Morgan fingerprint density at radius 3 is 2.06 bits per heavy atom. The number of ether oxygens (including phenoxy) is 1. The Kier molecular flexibility index (Phi) is 10.3. The van der Waals surface area contributed by atoms with Crippen LogP contribution in [0.1, 0.15) is 65.6 Å². The Morgan fingerprint density at radius 1 is 0.958 bits per heavy atom. The number of benzene rings is 3. The number of hydrogen-bond acceptors (Lipinski definition) is 7. The topological polar surface area (TPSA) is 146 Å². The number of aromatic nitrogens is 1. The molecule has 1 fully saturated rings. The number of cyclic esters (lactones) is 1. The van der Waals surface area contributed by atoms with Gasteiger partial charge in [0.1, 0.15) is 23.2 Å². The molecule has 3 N–H and O–H groups in total. The number of carbonyl (C=O) groups is 3. The minimum atomic E-state index is -4.14. The molecule has 9 nitrogen and oxygen atoms in total. The van der Waals surface area contributed by atoms with E-state index in [1.165, 1.54) is 36.4 Å². The fourth-order valence-electron chi connectivity index (χ4n) is 6.10. The van der Waals surface area contributed by atoms with Crippen LogP contribution in [0.5, 0.6) is 0 Å². The van der Waals surface area contributed by atoms with Crippen LogP contribution in [0.4, 0.5) is 14.5 Å². The maximum absolute atomic E-state index is 13.9. The molecule has 2 heterocycles. The summed E-state index contributed by atoms with van der Waals surface area (Å²) in [5, 5.41) is -0.325. The minimum Gasteiger partial charge on any atom is -0.458 e. The first-order valence-corrected chi connectivity index (χ1v) is 17.0. The highest BCUT2D eigenvalue weighted by Crippen LogP contribution is 2.41. The molecule has 0 radical (unpaired) electrons. The van der Waals surface area contributed by atoms with Gasteiger partial charge in [-0.2, -0.15) is 8.42 Å². The summed E-state index contributed by atoms with van der Waals surface area (Å²) in [4.78, 5) is 42.9. The van der Waals surface area contributed by atoms with Crippen molar-refractivity contribution in [1.29, 1.82) is 0 Å². The zero-order chi connectivity index (χ0) is 34.5. The lowest BCUT2D eigenvalue weighted by Gasteiger charge is -2.41. The van der Waals surface area contributed by atoms with Gasteiger partial charge in [0.2, 0.25) is 5.91 Å². The number of primary amides is 1. The SMILES string of the molecule is CCC(c1cccc(NS(=O)(=O)c2ccc(C(N)=O)cn2)c1)C1C(=O)CC(CCc2ccc(F)cc2)(CCc2ccc(F)cc2)OC1=O. The maximum Gasteiger partial charge on any atom is 0.317 e. The van der Waals surface area contributed by atoms with Crippen molar-refractivity contribution in [2.24, 2.45) is 11.7 Å². The number of halogens is 2. The van der Waals surface area contributed by atoms with Crippen LogP contribution in [0.25, 0.3) is 0 Å². The summed E-state index contributed by atoms with van der Waals surface area (Å²) >= 11 is 0. The van der Waals surface area contributed by atoms with E-state index in [9.17, 15) is 31.6 Å². The summed E-state index contributed by atoms with van der Waals surface area (Å²) in [6.07, 6.45) is 2.94. The molecule has 0 aliphatic carbocycles. The number of carbonyl (C=O) groups excluding carboxylic acids is 3. The van der Waals surface area contributed by atoms with Crippen LogP contribution in [0.3, 0.4) is 0 Å². The first-order valence-electron chi connectivity index (χ1n) is 15.5. The van der Waals surface area contributed by atoms with E-state index < -0.39 is 39.3 Å². The number of ketones is 1. The summed E-state index contributed by atoms with van der Waals surface area (Å²) in [7, 11) is -4.14. The Labute approximate surface area is 277 Å². The number of nitrogens with two attached hydrogens (primary N) is 1. The van der Waals surface area contributed by atoms with E-state index in [1.807, 2.05) is 6.92 Å². The highest BCUT2D eigenvalue weighted by molar-refractivity contribution is 7.92. The lowest BCUT2D eigenvalue weighted by Crippen LogP contribution is -2.49. The molecular formula is C36H35F2N3O6S. The fourth-order valence-corrected chi connectivity index (χ4v) is 7.08. The van der Waals surface area contributed by atoms with E-state index in [4.69, 9.17) is 10.5 Å². The van der Waals surface area contributed by atoms with Crippen LogP contribution in [-0.4, -0.2) is 36.7 Å². The second-order valence-electron chi connectivity index (χ2n) is 12.0. The summed E-state index contributed by atoms with van der Waals surface area (Å²) in [6, 6.07) is 20.9.